The number of hydrogen-bond acceptors (Lipinski definition) is 10. The molecule has 64 heavy (non-hydrogen) atoms. The van der Waals surface area contributed by atoms with Crippen molar-refractivity contribution in [1.82, 2.24) is 39.4 Å². The number of carbonyl (C=O) groups is 4. The monoisotopic (exact) mass is 884 g/mol. The van der Waals surface area contributed by atoms with Crippen molar-refractivity contribution in [2.45, 2.75) is 76.4 Å². The summed E-state index contributed by atoms with van der Waals surface area (Å²) in [6, 6.07) is 8.75. The average molecular weight is 885 g/mol. The molecule has 3 saturated heterocycles. The van der Waals surface area contributed by atoms with E-state index in [0.717, 1.165) is 29.9 Å². The molecule has 0 unspecified atom stereocenters. The molecule has 0 radical (unpaired) electrons. The predicted molar refractivity (Wildman–Crippen MR) is 227 cm³/mol. The number of alkyl halides is 2. The van der Waals surface area contributed by atoms with Gasteiger partial charge in [0, 0.05) is 80.8 Å². The average Bonchev–Trinajstić information content (AvgIpc) is 3.76. The number of nitrogens with one attached hydrogen (secondary N) is 2. The van der Waals surface area contributed by atoms with Crippen molar-refractivity contribution in [2.75, 3.05) is 50.1 Å². The number of piperidine rings is 2. The lowest BCUT2D eigenvalue weighted by Gasteiger charge is -2.51. The number of halogens is 4. The number of rotatable bonds is 5. The van der Waals surface area contributed by atoms with Crippen molar-refractivity contribution in [3.05, 3.63) is 82.7 Å². The zero-order valence-electron chi connectivity index (χ0n) is 35.8. The number of hydrogen-bond donors (Lipinski definition) is 2. The summed E-state index contributed by atoms with van der Waals surface area (Å²) in [5.41, 5.74) is 3.27. The zero-order valence-corrected chi connectivity index (χ0v) is 35.8. The van der Waals surface area contributed by atoms with E-state index in [0.29, 0.717) is 52.6 Å². The Bertz CT molecular complexity index is 2670. The number of carbonyl (C=O) groups excluding carboxylic acids is 4. The molecule has 3 aromatic heterocycles. The van der Waals surface area contributed by atoms with Gasteiger partial charge in [0.05, 0.1) is 53.6 Å². The van der Waals surface area contributed by atoms with Crippen LogP contribution < -0.4 is 20.3 Å². The van der Waals surface area contributed by atoms with Crippen LogP contribution in [0.15, 0.2) is 48.7 Å². The number of likely N-dealkylation sites (tertiary alicyclic amines) is 1. The molecule has 2 N–H and O–H groups in total. The molecule has 4 aliphatic rings. The Labute approximate surface area is 365 Å². The highest BCUT2D eigenvalue weighted by atomic mass is 19.3. The van der Waals surface area contributed by atoms with Crippen molar-refractivity contribution >= 4 is 46.3 Å². The van der Waals surface area contributed by atoms with E-state index in [1.807, 2.05) is 4.57 Å². The van der Waals surface area contributed by atoms with Gasteiger partial charge in [-0.2, -0.15) is 5.10 Å². The molecule has 15 nitrogen and oxygen atoms in total. The van der Waals surface area contributed by atoms with Gasteiger partial charge in [0.25, 0.3) is 17.7 Å². The molecule has 2 bridgehead atoms. The van der Waals surface area contributed by atoms with Gasteiger partial charge in [-0.15, -0.1) is 0 Å². The van der Waals surface area contributed by atoms with Crippen LogP contribution in [0.1, 0.15) is 76.9 Å². The zero-order chi connectivity index (χ0) is 45.2. The van der Waals surface area contributed by atoms with Crippen molar-refractivity contribution in [3.63, 3.8) is 0 Å². The van der Waals surface area contributed by atoms with Crippen LogP contribution in [0.4, 0.5) is 29.2 Å². The summed E-state index contributed by atoms with van der Waals surface area (Å²) >= 11 is 0. The second kappa shape index (κ2) is 16.6. The lowest BCUT2D eigenvalue weighted by atomic mass is 9.89. The number of ether oxygens (including phenoxy) is 1. The smallest absolute Gasteiger partial charge is 0.280 e. The van der Waals surface area contributed by atoms with E-state index < -0.39 is 65.3 Å². The molecule has 19 heteroatoms. The minimum atomic E-state index is -3.28. The van der Waals surface area contributed by atoms with Gasteiger partial charge < -0.3 is 19.1 Å². The highest BCUT2D eigenvalue weighted by Crippen LogP contribution is 2.38. The molecule has 2 aromatic carbocycles. The van der Waals surface area contributed by atoms with Gasteiger partial charge in [0.15, 0.2) is 0 Å². The van der Waals surface area contributed by atoms with Gasteiger partial charge in [0.2, 0.25) is 23.6 Å². The molecule has 0 spiro atoms. The summed E-state index contributed by atoms with van der Waals surface area (Å²) < 4.78 is 72.3. The van der Waals surface area contributed by atoms with Crippen LogP contribution in [-0.4, -0.2) is 116 Å². The third kappa shape index (κ3) is 8.05. The summed E-state index contributed by atoms with van der Waals surface area (Å²) in [7, 11) is 3.17. The van der Waals surface area contributed by atoms with Crippen LogP contribution in [0.5, 0.6) is 5.88 Å². The number of imidazole rings is 1. The van der Waals surface area contributed by atoms with Gasteiger partial charge in [0.1, 0.15) is 11.6 Å². The first-order chi connectivity index (χ1) is 30.5. The van der Waals surface area contributed by atoms with E-state index in [9.17, 15) is 19.2 Å². The lowest BCUT2D eigenvalue weighted by molar-refractivity contribution is -0.134. The maximum atomic E-state index is 16.1. The molecule has 0 aliphatic carbocycles. The Morgan fingerprint density at radius 3 is 2.47 bits per heavy atom. The van der Waals surface area contributed by atoms with Gasteiger partial charge in [-0.05, 0) is 81.0 Å². The van der Waals surface area contributed by atoms with Crippen LogP contribution >= 0.6 is 0 Å². The first-order valence-corrected chi connectivity index (χ1v) is 21.5. The Hall–Kier alpha value is -6.37. The van der Waals surface area contributed by atoms with Crippen LogP contribution in [-0.2, 0) is 23.2 Å². The topological polar surface area (TPSA) is 160 Å². The van der Waals surface area contributed by atoms with E-state index in [1.54, 1.807) is 65.0 Å². The Kier molecular flexibility index (Phi) is 11.2. The third-order valence-corrected chi connectivity index (χ3v) is 12.9. The number of nitrogens with zero attached hydrogens (tertiary/aromatic N) is 8. The Morgan fingerprint density at radius 1 is 0.969 bits per heavy atom. The first-order valence-electron chi connectivity index (χ1n) is 21.5. The quantitative estimate of drug-likeness (QED) is 0.166. The largest absolute Gasteiger partial charge is 0.477 e. The maximum Gasteiger partial charge on any atom is 0.280 e. The second-order valence-corrected chi connectivity index (χ2v) is 17.5. The van der Waals surface area contributed by atoms with E-state index in [4.69, 9.17) is 9.72 Å². The van der Waals surface area contributed by atoms with Crippen molar-refractivity contribution in [3.8, 4) is 17.1 Å². The Balaban J connectivity index is 0.889. The maximum absolute atomic E-state index is 16.1. The van der Waals surface area contributed by atoms with Crippen molar-refractivity contribution < 1.29 is 41.5 Å². The van der Waals surface area contributed by atoms with Crippen LogP contribution in [0, 0.1) is 24.5 Å². The van der Waals surface area contributed by atoms with Gasteiger partial charge in [-0.1, -0.05) is 6.92 Å². The molecule has 4 amide bonds. The summed E-state index contributed by atoms with van der Waals surface area (Å²) in [6.07, 6.45) is 3.10. The molecule has 3 atom stereocenters. The van der Waals surface area contributed by atoms with Crippen LogP contribution in [0.25, 0.3) is 22.3 Å². The highest BCUT2D eigenvalue weighted by Gasteiger charge is 2.50. The van der Waals surface area contributed by atoms with Gasteiger partial charge >= 0.3 is 0 Å². The number of aromatic nitrogens is 5. The molecule has 3 fully saturated rings. The number of aryl methyl sites for hydroxylation is 2. The van der Waals surface area contributed by atoms with Crippen LogP contribution in [0.3, 0.4) is 0 Å². The number of anilines is 2. The Morgan fingerprint density at radius 2 is 1.73 bits per heavy atom. The number of imide groups is 1. The van der Waals surface area contributed by atoms with E-state index in [-0.39, 0.29) is 68.1 Å². The fourth-order valence-corrected chi connectivity index (χ4v) is 9.46. The normalized spacial score (nSPS) is 22.0. The lowest BCUT2D eigenvalue weighted by Crippen LogP contribution is -2.66. The summed E-state index contributed by atoms with van der Waals surface area (Å²) in [6.45, 7) is 4.89. The molecular formula is C45H48F4N10O5. The van der Waals surface area contributed by atoms with Crippen molar-refractivity contribution in [2.24, 2.45) is 13.0 Å². The number of fused-ring (bicyclic) bond motifs is 7. The number of pyridine rings is 1. The summed E-state index contributed by atoms with van der Waals surface area (Å²) in [5.74, 6) is -7.55. The number of amides is 4. The third-order valence-electron chi connectivity index (χ3n) is 12.9. The first kappa shape index (κ1) is 42.9. The van der Waals surface area contributed by atoms with Gasteiger partial charge in [-0.3, -0.25) is 39.7 Å². The standard InChI is InChI=1S/C45H48F4N10O5/c1-24-6-5-13-64-43-31(19-50-56(43)4)35-15-27(14-25(2)51-35)40(61)54-44-52-34-9-7-26(16-36(34)59(44)20-24)42(63)55(3)37-11-12-57(23-45(37,48)49)29-21-58(22-29)28-17-32(46)39(33(47)18-28)30-8-10-38(60)53-41(30)62/h7,9,14-19,24,29-30,37H,5-6,8,10-13,20-23H2,1-4H3,(H,52,54,61)(H,53,60,62)/t24-,30-,37+/m1/s1. The summed E-state index contributed by atoms with van der Waals surface area (Å²) in [5, 5.41) is 9.45. The minimum absolute atomic E-state index is 0.00270. The second-order valence-electron chi connectivity index (χ2n) is 17.5. The number of benzene rings is 2. The van der Waals surface area contributed by atoms with E-state index in [2.05, 4.69) is 27.6 Å². The molecular weight excluding hydrogens is 837 g/mol. The van der Waals surface area contributed by atoms with E-state index >= 15 is 17.6 Å². The fraction of sp³-hybridized carbons (Fsp3) is 0.444. The fourth-order valence-electron chi connectivity index (χ4n) is 9.46. The molecule has 0 saturated carbocycles. The van der Waals surface area contributed by atoms with Crippen LogP contribution in [0.2, 0.25) is 0 Å². The van der Waals surface area contributed by atoms with Crippen molar-refractivity contribution in [1.29, 1.82) is 0 Å². The van der Waals surface area contributed by atoms with E-state index in [1.165, 1.54) is 7.05 Å². The molecule has 336 valence electrons. The highest BCUT2D eigenvalue weighted by molar-refractivity contribution is 6.05. The SMILES string of the molecule is Cc1cc2cc(n1)-c1cnn(C)c1OCCC[C@@H](C)Cn1c(nc3ccc(C(=O)N(C)[C@H]4CCN(C5CN(c6cc(F)c([C@H]7CCC(=O)NC7=O)c(F)c6)C5)CC4(F)F)cc31)NC2=O. The summed E-state index contributed by atoms with van der Waals surface area (Å²) in [4.78, 5) is 65.6. The predicted octanol–water partition coefficient (Wildman–Crippen LogP) is 5.67. The molecule has 4 aliphatic heterocycles. The minimum Gasteiger partial charge on any atom is -0.477 e. The van der Waals surface area contributed by atoms with Gasteiger partial charge in [-0.25, -0.2) is 27.2 Å². The molecule has 7 heterocycles. The molecule has 5 aromatic rings. The molecule has 9 rings (SSSR count).